The highest BCUT2D eigenvalue weighted by molar-refractivity contribution is 6.00. The Kier molecular flexibility index (Phi) is 7.51. The summed E-state index contributed by atoms with van der Waals surface area (Å²) >= 11 is 0. The van der Waals surface area contributed by atoms with Crippen molar-refractivity contribution in [2.45, 2.75) is 134 Å². The molecular formula is C51H63N3O4. The van der Waals surface area contributed by atoms with Crippen molar-refractivity contribution in [1.82, 2.24) is 9.80 Å². The Morgan fingerprint density at radius 1 is 0.948 bits per heavy atom. The van der Waals surface area contributed by atoms with Crippen molar-refractivity contribution in [3.8, 4) is 0 Å². The van der Waals surface area contributed by atoms with Crippen LogP contribution in [-0.4, -0.2) is 60.0 Å². The average Bonchev–Trinajstić information content (AvgIpc) is 3.92. The van der Waals surface area contributed by atoms with Gasteiger partial charge in [-0.1, -0.05) is 62.1 Å². The maximum atomic E-state index is 15.8. The SMILES string of the molecule is CC1CCC2=CC3C(C)CC4=C5C3C3=C2C26C(=O)OC(=CCC(C7CCCC7)N7CC8CC(C7)C(CC4)N5C8)C2(CC3)C2(OC(=O)c3c(CCCN)cccc32)C6C1. The van der Waals surface area contributed by atoms with Crippen molar-refractivity contribution >= 4 is 11.9 Å². The summed E-state index contributed by atoms with van der Waals surface area (Å²) in [4.78, 5) is 36.5. The van der Waals surface area contributed by atoms with E-state index in [2.05, 4.69) is 54.0 Å². The van der Waals surface area contributed by atoms with E-state index in [0.717, 1.165) is 73.8 Å². The molecule has 3 saturated carbocycles. The van der Waals surface area contributed by atoms with Crippen LogP contribution in [0.2, 0.25) is 0 Å². The van der Waals surface area contributed by atoms with Crippen LogP contribution in [0, 0.1) is 58.2 Å². The molecule has 2 N–H and O–H groups in total. The lowest BCUT2D eigenvalue weighted by atomic mass is 9.28. The first kappa shape index (κ1) is 35.6. The molecule has 0 amide bonds. The van der Waals surface area contributed by atoms with Crippen LogP contribution in [0.1, 0.15) is 132 Å². The molecule has 13 unspecified atom stereocenters. The fourth-order valence-electron chi connectivity index (χ4n) is 17.5. The highest BCUT2D eigenvalue weighted by Gasteiger charge is 2.93. The third-order valence-electron chi connectivity index (χ3n) is 19.3. The van der Waals surface area contributed by atoms with Gasteiger partial charge in [0.15, 0.2) is 5.60 Å². The van der Waals surface area contributed by atoms with Crippen molar-refractivity contribution in [3.05, 3.63) is 80.8 Å². The normalized spacial score (nSPS) is 45.4. The molecular weight excluding hydrogens is 719 g/mol. The zero-order valence-electron chi connectivity index (χ0n) is 34.9. The van der Waals surface area contributed by atoms with Gasteiger partial charge in [0.1, 0.15) is 11.2 Å². The van der Waals surface area contributed by atoms with Crippen LogP contribution in [0.15, 0.2) is 64.1 Å². The van der Waals surface area contributed by atoms with Crippen LogP contribution in [-0.2, 0) is 26.3 Å². The summed E-state index contributed by atoms with van der Waals surface area (Å²) in [6.07, 6.45) is 22.7. The molecule has 58 heavy (non-hydrogen) atoms. The molecule has 3 saturated heterocycles. The van der Waals surface area contributed by atoms with Crippen LogP contribution >= 0.6 is 0 Å². The number of fused-ring (bicyclic) bond motifs is 3. The molecule has 12 bridgehead atoms. The smallest absolute Gasteiger partial charge is 0.339 e. The molecule has 6 fully saturated rings. The minimum absolute atomic E-state index is 0.0463. The second-order valence-corrected chi connectivity index (χ2v) is 21.7. The number of esters is 2. The largest absolute Gasteiger partial charge is 0.449 e. The monoisotopic (exact) mass is 781 g/mol. The third-order valence-corrected chi connectivity index (χ3v) is 19.3. The first-order chi connectivity index (χ1) is 28.3. The average molecular weight is 782 g/mol. The van der Waals surface area contributed by atoms with Gasteiger partial charge >= 0.3 is 11.9 Å². The number of hydrogen-bond donors (Lipinski definition) is 1. The van der Waals surface area contributed by atoms with Gasteiger partial charge < -0.3 is 20.1 Å². The molecule has 1 aromatic carbocycles. The lowest BCUT2D eigenvalue weighted by molar-refractivity contribution is -0.278. The summed E-state index contributed by atoms with van der Waals surface area (Å²) < 4.78 is 14.3. The topological polar surface area (TPSA) is 85.1 Å². The molecule has 1 aromatic rings. The third kappa shape index (κ3) is 4.11. The van der Waals surface area contributed by atoms with Crippen LogP contribution in [0.3, 0.4) is 0 Å². The summed E-state index contributed by atoms with van der Waals surface area (Å²) in [5.41, 5.74) is 14.1. The number of carbonyl (C=O) groups is 2. The van der Waals surface area contributed by atoms with Gasteiger partial charge in [-0.05, 0) is 155 Å². The van der Waals surface area contributed by atoms with Crippen LogP contribution in [0.5, 0.6) is 0 Å². The van der Waals surface area contributed by atoms with E-state index in [0.29, 0.717) is 60.1 Å². The molecule has 13 atom stereocenters. The number of allylic oxidation sites excluding steroid dienone is 4. The van der Waals surface area contributed by atoms with E-state index in [4.69, 9.17) is 15.2 Å². The number of piperidine rings is 2. The Balaban J connectivity index is 1.10. The molecule has 9 heterocycles. The van der Waals surface area contributed by atoms with Gasteiger partial charge in [0.2, 0.25) is 0 Å². The minimum Gasteiger partial charge on any atom is -0.449 e. The maximum absolute atomic E-state index is 15.8. The van der Waals surface area contributed by atoms with Gasteiger partial charge in [0.25, 0.3) is 0 Å². The van der Waals surface area contributed by atoms with Crippen molar-refractivity contribution in [2.75, 3.05) is 26.2 Å². The summed E-state index contributed by atoms with van der Waals surface area (Å²) in [6, 6.07) is 7.53. The van der Waals surface area contributed by atoms with Gasteiger partial charge in [-0.2, -0.15) is 0 Å². The molecule has 9 aliphatic heterocycles. The van der Waals surface area contributed by atoms with E-state index < -0.39 is 16.4 Å². The lowest BCUT2D eigenvalue weighted by Crippen LogP contribution is -2.77. The Hall–Kier alpha value is -3.16. The predicted octanol–water partition coefficient (Wildman–Crippen LogP) is 8.74. The zero-order valence-corrected chi connectivity index (χ0v) is 34.9. The second kappa shape index (κ2) is 12.2. The highest BCUT2D eigenvalue weighted by Crippen LogP contribution is 2.88. The van der Waals surface area contributed by atoms with E-state index in [1.165, 1.54) is 82.1 Å². The number of nitrogens with zero attached hydrogens (tertiary/aromatic N) is 2. The molecule has 306 valence electrons. The Bertz CT molecular complexity index is 2160. The van der Waals surface area contributed by atoms with Crippen LogP contribution in [0.4, 0.5) is 0 Å². The van der Waals surface area contributed by atoms with E-state index >= 15 is 4.79 Å². The second-order valence-electron chi connectivity index (χ2n) is 21.7. The van der Waals surface area contributed by atoms with E-state index in [1.54, 1.807) is 16.8 Å². The number of nitrogens with two attached hydrogens (primary N) is 1. The molecule has 6 aliphatic carbocycles. The van der Waals surface area contributed by atoms with E-state index in [1.807, 2.05) is 0 Å². The molecule has 7 nitrogen and oxygen atoms in total. The zero-order chi connectivity index (χ0) is 38.9. The number of benzene rings is 1. The molecule has 3 spiro atoms. The summed E-state index contributed by atoms with van der Waals surface area (Å²) in [6.45, 7) is 9.08. The molecule has 7 heteroatoms. The molecule has 0 radical (unpaired) electrons. The minimum atomic E-state index is -0.944. The quantitative estimate of drug-likeness (QED) is 0.306. The van der Waals surface area contributed by atoms with Crippen molar-refractivity contribution in [2.24, 2.45) is 63.9 Å². The van der Waals surface area contributed by atoms with Gasteiger partial charge in [-0.25, -0.2) is 4.79 Å². The van der Waals surface area contributed by atoms with E-state index in [-0.39, 0.29) is 17.9 Å². The van der Waals surface area contributed by atoms with Gasteiger partial charge in [-0.3, -0.25) is 9.69 Å². The Morgan fingerprint density at radius 3 is 2.69 bits per heavy atom. The van der Waals surface area contributed by atoms with Crippen LogP contribution in [0.25, 0.3) is 0 Å². The molecule has 0 aromatic heterocycles. The van der Waals surface area contributed by atoms with Crippen molar-refractivity contribution in [3.63, 3.8) is 0 Å². The number of carbonyl (C=O) groups excluding carboxylic acids is 2. The highest BCUT2D eigenvalue weighted by atomic mass is 16.6. The number of hydrogen-bond acceptors (Lipinski definition) is 7. The van der Waals surface area contributed by atoms with Crippen molar-refractivity contribution < 1.29 is 19.1 Å². The van der Waals surface area contributed by atoms with Gasteiger partial charge in [0, 0.05) is 54.8 Å². The fourth-order valence-corrected chi connectivity index (χ4v) is 17.5. The first-order valence-corrected chi connectivity index (χ1v) is 24.0. The fraction of sp³-hybridized carbons (Fsp3) is 0.686. The van der Waals surface area contributed by atoms with Gasteiger partial charge in [0.05, 0.1) is 11.0 Å². The summed E-state index contributed by atoms with van der Waals surface area (Å²) in [7, 11) is 0. The van der Waals surface area contributed by atoms with E-state index in [9.17, 15) is 4.79 Å². The lowest BCUT2D eigenvalue weighted by Gasteiger charge is -2.72. The predicted molar refractivity (Wildman–Crippen MR) is 222 cm³/mol. The van der Waals surface area contributed by atoms with Crippen molar-refractivity contribution in [1.29, 1.82) is 0 Å². The molecule has 16 rings (SSSR count). The van der Waals surface area contributed by atoms with Gasteiger partial charge in [-0.15, -0.1) is 0 Å². The maximum Gasteiger partial charge on any atom is 0.339 e. The Morgan fingerprint density at radius 2 is 1.83 bits per heavy atom. The molecule has 15 aliphatic rings. The summed E-state index contributed by atoms with van der Waals surface area (Å²) in [5.74, 6) is 4.24. The summed E-state index contributed by atoms with van der Waals surface area (Å²) in [5, 5.41) is 0. The Labute approximate surface area is 344 Å². The number of ether oxygens (including phenoxy) is 2. The first-order valence-electron chi connectivity index (χ1n) is 24.0. The standard InChI is InChI=1S/C51H63N3O4/c1-28-12-13-33-24-37-29(2)22-34-14-15-40-35-23-30-25-53(27-35)39(31-7-3-4-8-31)16-17-42-49-19-18-36(44(37)46(34)54(40)26-30)45(33)50(49,48(56)57-42)41(21-28)51(49)38-11-5-9-32(10-6-20-52)43(38)47(55)58-51/h5,9,11,17,24,28-31,35,37,39-41,44H,3-4,6-8,10,12-16,18-23,25-27,52H2,1-2H3. The number of rotatable bonds is 4. The van der Waals surface area contributed by atoms with Crippen LogP contribution < -0.4 is 5.73 Å². The number of aryl methyl sites for hydroxylation is 1.